The lowest BCUT2D eigenvalue weighted by Gasteiger charge is -2.18. The molecule has 0 amide bonds. The van der Waals surface area contributed by atoms with Crippen LogP contribution >= 0.6 is 0 Å². The molecule has 3 nitrogen and oxygen atoms in total. The van der Waals surface area contributed by atoms with Crippen LogP contribution in [0.4, 0.5) is 8.78 Å². The van der Waals surface area contributed by atoms with Crippen molar-refractivity contribution in [1.29, 1.82) is 0 Å². The first kappa shape index (κ1) is 14.6. The second kappa shape index (κ2) is 6.44. The van der Waals surface area contributed by atoms with E-state index in [2.05, 4.69) is 0 Å². The monoisotopic (exact) mass is 257 g/mol. The highest BCUT2D eigenvalue weighted by Gasteiger charge is 2.23. The standard InChI is InChI=1S/C13H17F2NO2/c1-8(11(7-16)13(17)18)5-9-3-2-4-10(6-9)12(14)15/h2-4,6,8,11-12H,5,7,16H2,1H3,(H,17,18). The maximum absolute atomic E-state index is 12.5. The predicted molar refractivity (Wildman–Crippen MR) is 64.4 cm³/mol. The highest BCUT2D eigenvalue weighted by atomic mass is 19.3. The number of carboxylic acid groups (broad SMARTS) is 1. The number of halogens is 2. The van der Waals surface area contributed by atoms with E-state index in [1.54, 1.807) is 19.1 Å². The van der Waals surface area contributed by atoms with E-state index >= 15 is 0 Å². The number of hydrogen-bond donors (Lipinski definition) is 2. The van der Waals surface area contributed by atoms with Crippen LogP contribution in [-0.4, -0.2) is 17.6 Å². The molecule has 0 fully saturated rings. The van der Waals surface area contributed by atoms with E-state index in [1.165, 1.54) is 12.1 Å². The van der Waals surface area contributed by atoms with Gasteiger partial charge in [-0.1, -0.05) is 31.2 Å². The summed E-state index contributed by atoms with van der Waals surface area (Å²) in [5.41, 5.74) is 6.07. The fourth-order valence-corrected chi connectivity index (χ4v) is 1.95. The summed E-state index contributed by atoms with van der Waals surface area (Å²) in [6.45, 7) is 1.81. The summed E-state index contributed by atoms with van der Waals surface area (Å²) in [6, 6.07) is 6.05. The molecule has 18 heavy (non-hydrogen) atoms. The van der Waals surface area contributed by atoms with E-state index in [4.69, 9.17) is 10.8 Å². The second-order valence-corrected chi connectivity index (χ2v) is 4.41. The fourth-order valence-electron chi connectivity index (χ4n) is 1.95. The van der Waals surface area contributed by atoms with E-state index in [1.807, 2.05) is 0 Å². The molecule has 0 saturated heterocycles. The zero-order chi connectivity index (χ0) is 13.7. The largest absolute Gasteiger partial charge is 0.481 e. The highest BCUT2D eigenvalue weighted by Crippen LogP contribution is 2.22. The number of benzene rings is 1. The Morgan fingerprint density at radius 2 is 2.11 bits per heavy atom. The van der Waals surface area contributed by atoms with Gasteiger partial charge in [0.15, 0.2) is 0 Å². The van der Waals surface area contributed by atoms with Crippen LogP contribution in [-0.2, 0) is 11.2 Å². The molecule has 0 aromatic heterocycles. The van der Waals surface area contributed by atoms with Crippen LogP contribution in [0.15, 0.2) is 24.3 Å². The zero-order valence-electron chi connectivity index (χ0n) is 10.1. The van der Waals surface area contributed by atoms with Crippen LogP contribution in [0.2, 0.25) is 0 Å². The second-order valence-electron chi connectivity index (χ2n) is 4.41. The molecule has 1 aromatic carbocycles. The van der Waals surface area contributed by atoms with Crippen molar-refractivity contribution in [3.05, 3.63) is 35.4 Å². The van der Waals surface area contributed by atoms with Gasteiger partial charge in [-0.05, 0) is 17.9 Å². The van der Waals surface area contributed by atoms with Crippen molar-refractivity contribution in [1.82, 2.24) is 0 Å². The number of hydrogen-bond acceptors (Lipinski definition) is 2. The quantitative estimate of drug-likeness (QED) is 0.822. The molecule has 0 saturated carbocycles. The van der Waals surface area contributed by atoms with Gasteiger partial charge in [0.25, 0.3) is 6.43 Å². The van der Waals surface area contributed by atoms with Crippen molar-refractivity contribution >= 4 is 5.97 Å². The molecule has 2 unspecified atom stereocenters. The maximum atomic E-state index is 12.5. The number of carboxylic acids is 1. The first-order valence-corrected chi connectivity index (χ1v) is 5.75. The van der Waals surface area contributed by atoms with E-state index < -0.39 is 18.3 Å². The lowest BCUT2D eigenvalue weighted by Crippen LogP contribution is -2.30. The number of rotatable bonds is 6. The Morgan fingerprint density at radius 3 is 2.61 bits per heavy atom. The molecule has 5 heteroatoms. The van der Waals surface area contributed by atoms with Crippen LogP contribution in [0.25, 0.3) is 0 Å². The SMILES string of the molecule is CC(Cc1cccc(C(F)F)c1)C(CN)C(=O)O. The minimum Gasteiger partial charge on any atom is -0.481 e. The predicted octanol–water partition coefficient (Wildman–Crippen LogP) is 2.46. The minimum absolute atomic E-state index is 0.0423. The average Bonchev–Trinajstić information content (AvgIpc) is 2.29. The van der Waals surface area contributed by atoms with Crippen LogP contribution in [0.5, 0.6) is 0 Å². The van der Waals surface area contributed by atoms with Crippen LogP contribution < -0.4 is 5.73 Å². The van der Waals surface area contributed by atoms with Crippen LogP contribution in [0.3, 0.4) is 0 Å². The van der Waals surface area contributed by atoms with Gasteiger partial charge in [-0.2, -0.15) is 0 Å². The number of nitrogens with two attached hydrogens (primary N) is 1. The third-order valence-corrected chi connectivity index (χ3v) is 3.02. The van der Waals surface area contributed by atoms with Gasteiger partial charge < -0.3 is 10.8 Å². The van der Waals surface area contributed by atoms with Gasteiger partial charge in [0.05, 0.1) is 5.92 Å². The van der Waals surface area contributed by atoms with E-state index in [9.17, 15) is 13.6 Å². The number of alkyl halides is 2. The molecule has 100 valence electrons. The Hall–Kier alpha value is -1.49. The average molecular weight is 257 g/mol. The van der Waals surface area contributed by atoms with Crippen LogP contribution in [0, 0.1) is 11.8 Å². The van der Waals surface area contributed by atoms with Crippen LogP contribution in [0.1, 0.15) is 24.5 Å². The Bertz CT molecular complexity index is 410. The third-order valence-electron chi connectivity index (χ3n) is 3.02. The molecule has 0 bridgehead atoms. The summed E-state index contributed by atoms with van der Waals surface area (Å²) in [5.74, 6) is -1.80. The highest BCUT2D eigenvalue weighted by molar-refractivity contribution is 5.70. The molecule has 2 atom stereocenters. The van der Waals surface area contributed by atoms with Crippen molar-refractivity contribution in [2.24, 2.45) is 17.6 Å². The topological polar surface area (TPSA) is 63.3 Å². The molecule has 0 aliphatic carbocycles. The maximum Gasteiger partial charge on any atom is 0.308 e. The van der Waals surface area contributed by atoms with Gasteiger partial charge in [0.2, 0.25) is 0 Å². The lowest BCUT2D eigenvalue weighted by atomic mass is 9.88. The molecule has 0 heterocycles. The van der Waals surface area contributed by atoms with E-state index in [0.29, 0.717) is 12.0 Å². The summed E-state index contributed by atoms with van der Waals surface area (Å²) in [7, 11) is 0. The van der Waals surface area contributed by atoms with Gasteiger partial charge in [-0.15, -0.1) is 0 Å². The summed E-state index contributed by atoms with van der Waals surface area (Å²) in [5, 5.41) is 8.96. The molecule has 0 aliphatic heterocycles. The summed E-state index contributed by atoms with van der Waals surface area (Å²) >= 11 is 0. The molecule has 3 N–H and O–H groups in total. The molecule has 0 aliphatic rings. The summed E-state index contributed by atoms with van der Waals surface area (Å²) < 4.78 is 25.0. The summed E-state index contributed by atoms with van der Waals surface area (Å²) in [6.07, 6.45) is -2.08. The Morgan fingerprint density at radius 1 is 1.44 bits per heavy atom. The van der Waals surface area contributed by atoms with Crippen molar-refractivity contribution in [3.63, 3.8) is 0 Å². The molecule has 0 radical (unpaired) electrons. The fraction of sp³-hybridized carbons (Fsp3) is 0.462. The smallest absolute Gasteiger partial charge is 0.308 e. The van der Waals surface area contributed by atoms with Crippen molar-refractivity contribution in [2.75, 3.05) is 6.54 Å². The van der Waals surface area contributed by atoms with Gasteiger partial charge in [0.1, 0.15) is 0 Å². The van der Waals surface area contributed by atoms with Crippen molar-refractivity contribution in [2.45, 2.75) is 19.8 Å². The van der Waals surface area contributed by atoms with Gasteiger partial charge in [-0.25, -0.2) is 8.78 Å². The van der Waals surface area contributed by atoms with Gasteiger partial charge in [-0.3, -0.25) is 4.79 Å². The molecule has 1 rings (SSSR count). The van der Waals surface area contributed by atoms with E-state index in [-0.39, 0.29) is 18.0 Å². The third kappa shape index (κ3) is 3.77. The first-order chi connectivity index (χ1) is 8.45. The summed E-state index contributed by atoms with van der Waals surface area (Å²) in [4.78, 5) is 10.9. The molecule has 1 aromatic rings. The Balaban J connectivity index is 2.77. The Labute approximate surface area is 105 Å². The molecular formula is C13H17F2NO2. The molecule has 0 spiro atoms. The van der Waals surface area contributed by atoms with Gasteiger partial charge in [0, 0.05) is 12.1 Å². The minimum atomic E-state index is -2.51. The lowest BCUT2D eigenvalue weighted by molar-refractivity contribution is -0.143. The first-order valence-electron chi connectivity index (χ1n) is 5.75. The van der Waals surface area contributed by atoms with Gasteiger partial charge >= 0.3 is 5.97 Å². The molecular weight excluding hydrogens is 240 g/mol. The number of aliphatic carboxylic acids is 1. The zero-order valence-corrected chi connectivity index (χ0v) is 10.1. The normalized spacial score (nSPS) is 14.5. The Kier molecular flexibility index (Phi) is 5.22. The van der Waals surface area contributed by atoms with Crippen molar-refractivity contribution in [3.8, 4) is 0 Å². The van der Waals surface area contributed by atoms with Crippen molar-refractivity contribution < 1.29 is 18.7 Å². The van der Waals surface area contributed by atoms with E-state index in [0.717, 1.165) is 0 Å². The number of carbonyl (C=O) groups is 1.